The van der Waals surface area contributed by atoms with Crippen molar-refractivity contribution in [3.05, 3.63) is 28.6 Å². The van der Waals surface area contributed by atoms with Gasteiger partial charge in [-0.3, -0.25) is 15.1 Å². The molecule has 0 aliphatic carbocycles. The maximum absolute atomic E-state index is 12.1. The van der Waals surface area contributed by atoms with E-state index >= 15 is 0 Å². The van der Waals surface area contributed by atoms with E-state index in [1.807, 2.05) is 4.90 Å². The van der Waals surface area contributed by atoms with Crippen molar-refractivity contribution in [1.29, 1.82) is 0 Å². The van der Waals surface area contributed by atoms with Crippen LogP contribution in [-0.4, -0.2) is 54.1 Å². The van der Waals surface area contributed by atoms with Crippen LogP contribution in [-0.2, 0) is 10.0 Å². The summed E-state index contributed by atoms with van der Waals surface area (Å²) >= 11 is 0. The summed E-state index contributed by atoms with van der Waals surface area (Å²) < 4.78 is 25.6. The highest BCUT2D eigenvalue weighted by atomic mass is 32.2. The van der Waals surface area contributed by atoms with E-state index in [1.54, 1.807) is 19.9 Å². The number of piperazine rings is 1. The smallest absolute Gasteiger partial charge is 0.310 e. The average molecular weight is 314 g/mol. The average Bonchev–Trinajstić information content (AvgIpc) is 2.47. The van der Waals surface area contributed by atoms with E-state index in [2.05, 4.69) is 4.98 Å². The second kappa shape index (κ2) is 5.94. The van der Waals surface area contributed by atoms with Crippen LogP contribution >= 0.6 is 0 Å². The molecule has 9 heteroatoms. The first-order valence-electron chi connectivity index (χ1n) is 6.66. The van der Waals surface area contributed by atoms with Crippen LogP contribution < -0.4 is 4.90 Å². The molecule has 0 aromatic carbocycles. The fourth-order valence-corrected chi connectivity index (χ4v) is 3.54. The summed E-state index contributed by atoms with van der Waals surface area (Å²) in [7, 11) is -3.27. The molecule has 1 aliphatic heterocycles. The molecule has 0 atom stereocenters. The Kier molecular flexibility index (Phi) is 4.43. The van der Waals surface area contributed by atoms with Gasteiger partial charge in [0, 0.05) is 32.4 Å². The van der Waals surface area contributed by atoms with Crippen LogP contribution in [0.1, 0.15) is 13.8 Å². The van der Waals surface area contributed by atoms with Crippen LogP contribution in [0.15, 0.2) is 18.5 Å². The van der Waals surface area contributed by atoms with Crippen LogP contribution in [0.25, 0.3) is 0 Å². The number of rotatable bonds is 4. The second-order valence-corrected chi connectivity index (χ2v) is 7.59. The van der Waals surface area contributed by atoms with E-state index in [9.17, 15) is 18.5 Å². The van der Waals surface area contributed by atoms with Gasteiger partial charge in [0.1, 0.15) is 11.9 Å². The van der Waals surface area contributed by atoms with Crippen molar-refractivity contribution in [1.82, 2.24) is 9.29 Å². The number of pyridine rings is 1. The fourth-order valence-electron chi connectivity index (χ4n) is 2.27. The van der Waals surface area contributed by atoms with Crippen molar-refractivity contribution in [3.63, 3.8) is 0 Å². The van der Waals surface area contributed by atoms with Gasteiger partial charge in [0.25, 0.3) is 0 Å². The Morgan fingerprint density at radius 3 is 2.43 bits per heavy atom. The molecular weight excluding hydrogens is 296 g/mol. The Labute approximate surface area is 123 Å². The molecule has 1 aliphatic rings. The van der Waals surface area contributed by atoms with Gasteiger partial charge in [0.05, 0.1) is 10.2 Å². The van der Waals surface area contributed by atoms with Gasteiger partial charge < -0.3 is 4.90 Å². The second-order valence-electron chi connectivity index (χ2n) is 5.10. The third-order valence-corrected chi connectivity index (χ3v) is 5.79. The van der Waals surface area contributed by atoms with Crippen molar-refractivity contribution in [2.45, 2.75) is 19.1 Å². The van der Waals surface area contributed by atoms with Crippen LogP contribution in [0, 0.1) is 10.1 Å². The van der Waals surface area contributed by atoms with E-state index in [0.717, 1.165) is 0 Å². The highest BCUT2D eigenvalue weighted by Crippen LogP contribution is 2.27. The molecule has 0 unspecified atom stereocenters. The summed E-state index contributed by atoms with van der Waals surface area (Å²) in [6, 6.07) is 1.59. The Hall–Kier alpha value is -1.74. The maximum Gasteiger partial charge on any atom is 0.310 e. The van der Waals surface area contributed by atoms with E-state index in [1.165, 1.54) is 16.7 Å². The molecule has 2 rings (SSSR count). The third kappa shape index (κ3) is 3.13. The van der Waals surface area contributed by atoms with Gasteiger partial charge in [-0.25, -0.2) is 8.42 Å². The van der Waals surface area contributed by atoms with Crippen LogP contribution in [0.4, 0.5) is 11.4 Å². The van der Waals surface area contributed by atoms with Gasteiger partial charge in [-0.05, 0) is 19.9 Å². The normalized spacial score (nSPS) is 17.2. The minimum Gasteiger partial charge on any atom is -0.363 e. The summed E-state index contributed by atoms with van der Waals surface area (Å²) in [4.78, 5) is 16.1. The Balaban J connectivity index is 2.14. The molecule has 1 fully saturated rings. The maximum atomic E-state index is 12.1. The molecule has 0 bridgehead atoms. The number of sulfonamides is 1. The summed E-state index contributed by atoms with van der Waals surface area (Å²) in [5.41, 5.74) is 0.425. The molecule has 0 radical (unpaired) electrons. The number of hydrogen-bond donors (Lipinski definition) is 0. The van der Waals surface area contributed by atoms with Crippen molar-refractivity contribution in [3.8, 4) is 0 Å². The van der Waals surface area contributed by atoms with E-state index in [0.29, 0.717) is 31.9 Å². The minimum atomic E-state index is -3.27. The van der Waals surface area contributed by atoms with Gasteiger partial charge in [0.15, 0.2) is 0 Å². The summed E-state index contributed by atoms with van der Waals surface area (Å²) in [5, 5.41) is 10.6. The van der Waals surface area contributed by atoms with Crippen molar-refractivity contribution in [2.75, 3.05) is 31.1 Å². The number of nitrogens with zero attached hydrogens (tertiary/aromatic N) is 4. The molecule has 0 amide bonds. The molecule has 8 nitrogen and oxygen atoms in total. The monoisotopic (exact) mass is 314 g/mol. The predicted molar refractivity (Wildman–Crippen MR) is 78.7 cm³/mol. The number of aromatic nitrogens is 1. The summed E-state index contributed by atoms with van der Waals surface area (Å²) in [6.07, 6.45) is 2.71. The van der Waals surface area contributed by atoms with E-state index in [-0.39, 0.29) is 5.69 Å². The first kappa shape index (κ1) is 15.6. The zero-order chi connectivity index (χ0) is 15.6. The number of hydrogen-bond acceptors (Lipinski definition) is 6. The lowest BCUT2D eigenvalue weighted by molar-refractivity contribution is -0.384. The lowest BCUT2D eigenvalue weighted by Crippen LogP contribution is -2.50. The van der Waals surface area contributed by atoms with Gasteiger partial charge >= 0.3 is 5.69 Å². The molecule has 1 aromatic heterocycles. The highest BCUT2D eigenvalue weighted by molar-refractivity contribution is 7.89. The molecule has 0 N–H and O–H groups in total. The zero-order valence-corrected chi connectivity index (χ0v) is 12.8. The molecule has 1 saturated heterocycles. The third-order valence-electron chi connectivity index (χ3n) is 3.51. The first-order valence-corrected chi connectivity index (χ1v) is 8.16. The standard InChI is InChI=1S/C12H18N4O4S/c1-10(2)21(19,20)15-7-5-14(6-8-15)11-3-4-13-9-12(11)16(17)18/h3-4,9-10H,5-8H2,1-2H3. The SMILES string of the molecule is CC(C)S(=O)(=O)N1CCN(c2ccncc2[N+](=O)[O-])CC1. The largest absolute Gasteiger partial charge is 0.363 e. The van der Waals surface area contributed by atoms with Crippen molar-refractivity contribution >= 4 is 21.4 Å². The Morgan fingerprint density at radius 1 is 1.29 bits per heavy atom. The number of anilines is 1. The minimum absolute atomic E-state index is 0.0577. The predicted octanol–water partition coefficient (Wildman–Crippen LogP) is 0.850. The number of nitro groups is 1. The molecular formula is C12H18N4O4S. The van der Waals surface area contributed by atoms with Gasteiger partial charge in [-0.2, -0.15) is 4.31 Å². The van der Waals surface area contributed by atoms with Gasteiger partial charge in [-0.1, -0.05) is 0 Å². The molecule has 2 heterocycles. The molecule has 116 valence electrons. The van der Waals surface area contributed by atoms with Crippen LogP contribution in [0.3, 0.4) is 0 Å². The summed E-state index contributed by atoms with van der Waals surface area (Å²) in [5.74, 6) is 0. The summed E-state index contributed by atoms with van der Waals surface area (Å²) in [6.45, 7) is 4.82. The Bertz CT molecular complexity index is 624. The first-order chi connectivity index (χ1) is 9.84. The fraction of sp³-hybridized carbons (Fsp3) is 0.583. The topological polar surface area (TPSA) is 96.7 Å². The van der Waals surface area contributed by atoms with E-state index < -0.39 is 20.2 Å². The zero-order valence-electron chi connectivity index (χ0n) is 12.0. The van der Waals surface area contributed by atoms with Crippen LogP contribution in [0.5, 0.6) is 0 Å². The molecule has 0 spiro atoms. The lowest BCUT2D eigenvalue weighted by Gasteiger charge is -2.35. The molecule has 0 saturated carbocycles. The van der Waals surface area contributed by atoms with Crippen molar-refractivity contribution in [2.24, 2.45) is 0 Å². The molecule has 21 heavy (non-hydrogen) atoms. The quantitative estimate of drug-likeness (QED) is 0.604. The molecule has 1 aromatic rings. The van der Waals surface area contributed by atoms with Gasteiger partial charge in [-0.15, -0.1) is 0 Å². The van der Waals surface area contributed by atoms with Crippen molar-refractivity contribution < 1.29 is 13.3 Å². The highest BCUT2D eigenvalue weighted by Gasteiger charge is 2.31. The Morgan fingerprint density at radius 2 is 1.90 bits per heavy atom. The van der Waals surface area contributed by atoms with Crippen LogP contribution in [0.2, 0.25) is 0 Å². The van der Waals surface area contributed by atoms with E-state index in [4.69, 9.17) is 0 Å². The lowest BCUT2D eigenvalue weighted by atomic mass is 10.2. The van der Waals surface area contributed by atoms with Gasteiger partial charge in [0.2, 0.25) is 10.0 Å².